The number of hydrogen-bond donors (Lipinski definition) is 1. The van der Waals surface area contributed by atoms with Crippen molar-refractivity contribution in [2.24, 2.45) is 17.3 Å². The quantitative estimate of drug-likeness (QED) is 0.708. The summed E-state index contributed by atoms with van der Waals surface area (Å²) in [5.41, 5.74) is -0.496. The normalized spacial score (nSPS) is 45.5. The Morgan fingerprint density at radius 1 is 1.59 bits per heavy atom. The molecule has 2 rings (SSSR count). The predicted molar refractivity (Wildman–Crippen MR) is 68.5 cm³/mol. The van der Waals surface area contributed by atoms with Gasteiger partial charge in [0.05, 0.1) is 11.0 Å². The first-order valence-electron chi connectivity index (χ1n) is 6.39. The van der Waals surface area contributed by atoms with E-state index in [9.17, 15) is 9.90 Å². The molecule has 17 heavy (non-hydrogen) atoms. The van der Waals surface area contributed by atoms with Crippen molar-refractivity contribution in [2.45, 2.75) is 45.6 Å². The molecule has 1 fully saturated rings. The smallest absolute Gasteiger partial charge is 0.142 e. The van der Waals surface area contributed by atoms with E-state index in [4.69, 9.17) is 0 Å². The Morgan fingerprint density at radius 3 is 2.82 bits per heavy atom. The van der Waals surface area contributed by atoms with Crippen molar-refractivity contribution >= 4 is 5.78 Å². The van der Waals surface area contributed by atoms with Crippen molar-refractivity contribution in [1.82, 2.24) is 0 Å². The molecule has 94 valence electrons. The van der Waals surface area contributed by atoms with Gasteiger partial charge < -0.3 is 5.11 Å². The molecule has 0 aromatic rings. The SMILES string of the molecule is C=C(C)[C@@H]1CC(=O)[C@]2(C)CC=C[C@H](C)[C@]2(O)C1. The fourth-order valence-corrected chi connectivity index (χ4v) is 3.36. The molecule has 2 nitrogen and oxygen atoms in total. The second kappa shape index (κ2) is 3.81. The van der Waals surface area contributed by atoms with E-state index in [1.807, 2.05) is 32.9 Å². The van der Waals surface area contributed by atoms with Gasteiger partial charge in [0.15, 0.2) is 0 Å². The van der Waals surface area contributed by atoms with Crippen molar-refractivity contribution in [2.75, 3.05) is 0 Å². The van der Waals surface area contributed by atoms with E-state index in [1.165, 1.54) is 0 Å². The minimum Gasteiger partial charge on any atom is -0.388 e. The Morgan fingerprint density at radius 2 is 2.24 bits per heavy atom. The third-order valence-corrected chi connectivity index (χ3v) is 4.96. The fourth-order valence-electron chi connectivity index (χ4n) is 3.36. The second-order valence-corrected chi connectivity index (χ2v) is 6.05. The Bertz CT molecular complexity index is 396. The van der Waals surface area contributed by atoms with Crippen LogP contribution in [-0.4, -0.2) is 16.5 Å². The zero-order valence-electron chi connectivity index (χ0n) is 11.0. The molecule has 4 atom stereocenters. The van der Waals surface area contributed by atoms with E-state index in [-0.39, 0.29) is 17.6 Å². The van der Waals surface area contributed by atoms with Gasteiger partial charge in [-0.1, -0.05) is 31.2 Å². The summed E-state index contributed by atoms with van der Waals surface area (Å²) in [6.07, 6.45) is 5.94. The topological polar surface area (TPSA) is 37.3 Å². The molecule has 0 aromatic carbocycles. The zero-order valence-corrected chi connectivity index (χ0v) is 11.0. The van der Waals surface area contributed by atoms with Crippen LogP contribution in [0.2, 0.25) is 0 Å². The Balaban J connectivity index is 2.43. The maximum Gasteiger partial charge on any atom is 0.142 e. The van der Waals surface area contributed by atoms with Gasteiger partial charge in [0.25, 0.3) is 0 Å². The number of hydrogen-bond acceptors (Lipinski definition) is 2. The number of carbonyl (C=O) groups is 1. The molecular weight excluding hydrogens is 212 g/mol. The van der Waals surface area contributed by atoms with Gasteiger partial charge in [-0.05, 0) is 32.6 Å². The van der Waals surface area contributed by atoms with Crippen LogP contribution in [0.25, 0.3) is 0 Å². The highest BCUT2D eigenvalue weighted by Crippen LogP contribution is 2.53. The van der Waals surface area contributed by atoms with E-state index >= 15 is 0 Å². The molecule has 1 saturated carbocycles. The van der Waals surface area contributed by atoms with Crippen LogP contribution < -0.4 is 0 Å². The third-order valence-electron chi connectivity index (χ3n) is 4.96. The summed E-state index contributed by atoms with van der Waals surface area (Å²) in [6.45, 7) is 9.82. The zero-order chi connectivity index (χ0) is 12.8. The maximum absolute atomic E-state index is 12.4. The van der Waals surface area contributed by atoms with Crippen LogP contribution in [0.5, 0.6) is 0 Å². The summed E-state index contributed by atoms with van der Waals surface area (Å²) in [5, 5.41) is 11.0. The number of ketones is 1. The molecule has 0 unspecified atom stereocenters. The lowest BCUT2D eigenvalue weighted by Crippen LogP contribution is -2.60. The first kappa shape index (κ1) is 12.6. The average Bonchev–Trinajstić information content (AvgIpc) is 2.23. The number of rotatable bonds is 1. The number of allylic oxidation sites excluding steroid dienone is 2. The lowest BCUT2D eigenvalue weighted by atomic mass is 9.53. The minimum absolute atomic E-state index is 0.0346. The van der Waals surface area contributed by atoms with Crippen LogP contribution in [0.1, 0.15) is 40.0 Å². The number of carbonyl (C=O) groups excluding carboxylic acids is 1. The second-order valence-electron chi connectivity index (χ2n) is 6.05. The molecule has 0 aromatic heterocycles. The van der Waals surface area contributed by atoms with Crippen LogP contribution >= 0.6 is 0 Å². The predicted octanol–water partition coefficient (Wildman–Crippen LogP) is 2.88. The molecule has 0 bridgehead atoms. The minimum atomic E-state index is -0.902. The molecule has 0 radical (unpaired) electrons. The fraction of sp³-hybridized carbons (Fsp3) is 0.667. The summed E-state index contributed by atoms with van der Waals surface area (Å²) < 4.78 is 0. The van der Waals surface area contributed by atoms with Gasteiger partial charge in [-0.25, -0.2) is 0 Å². The average molecular weight is 234 g/mol. The molecular formula is C15H22O2. The van der Waals surface area contributed by atoms with Crippen LogP contribution in [0.3, 0.4) is 0 Å². The molecule has 2 heteroatoms. The van der Waals surface area contributed by atoms with Crippen molar-refractivity contribution in [3.05, 3.63) is 24.3 Å². The van der Waals surface area contributed by atoms with E-state index in [2.05, 4.69) is 6.58 Å². The van der Waals surface area contributed by atoms with E-state index < -0.39 is 11.0 Å². The summed E-state index contributed by atoms with van der Waals surface area (Å²) in [6, 6.07) is 0. The van der Waals surface area contributed by atoms with E-state index in [0.717, 1.165) is 5.57 Å². The molecule has 2 aliphatic rings. The van der Waals surface area contributed by atoms with Crippen molar-refractivity contribution in [3.63, 3.8) is 0 Å². The van der Waals surface area contributed by atoms with Crippen LogP contribution in [-0.2, 0) is 4.79 Å². The van der Waals surface area contributed by atoms with Gasteiger partial charge in [-0.2, -0.15) is 0 Å². The van der Waals surface area contributed by atoms with Gasteiger partial charge >= 0.3 is 0 Å². The lowest BCUT2D eigenvalue weighted by molar-refractivity contribution is -0.168. The van der Waals surface area contributed by atoms with Gasteiger partial charge in [-0.3, -0.25) is 4.79 Å². The molecule has 0 amide bonds. The van der Waals surface area contributed by atoms with Gasteiger partial charge in [0.2, 0.25) is 0 Å². The summed E-state index contributed by atoms with van der Waals surface area (Å²) >= 11 is 0. The lowest BCUT2D eigenvalue weighted by Gasteiger charge is -2.53. The van der Waals surface area contributed by atoms with Crippen LogP contribution in [0.4, 0.5) is 0 Å². The van der Waals surface area contributed by atoms with Crippen molar-refractivity contribution in [3.8, 4) is 0 Å². The molecule has 0 spiro atoms. The highest BCUT2D eigenvalue weighted by molar-refractivity contribution is 5.88. The van der Waals surface area contributed by atoms with Gasteiger partial charge in [0.1, 0.15) is 5.78 Å². The number of aliphatic hydroxyl groups is 1. The van der Waals surface area contributed by atoms with Crippen molar-refractivity contribution in [1.29, 1.82) is 0 Å². The maximum atomic E-state index is 12.4. The largest absolute Gasteiger partial charge is 0.388 e. The standard InChI is InChI=1S/C15H22O2/c1-10(2)12-8-13(16)14(4)7-5-6-11(3)15(14,17)9-12/h5-6,11-12,17H,1,7-9H2,2-4H3/t11-,12+,14-,15+/m0/s1. The third kappa shape index (κ3) is 1.61. The summed E-state index contributed by atoms with van der Waals surface area (Å²) in [7, 11) is 0. The summed E-state index contributed by atoms with van der Waals surface area (Å²) in [5.74, 6) is 0.359. The first-order valence-corrected chi connectivity index (χ1v) is 6.39. The molecule has 1 N–H and O–H groups in total. The number of fused-ring (bicyclic) bond motifs is 1. The monoisotopic (exact) mass is 234 g/mol. The Labute approximate surface area is 103 Å². The molecule has 0 saturated heterocycles. The van der Waals surface area contributed by atoms with E-state index in [1.54, 1.807) is 0 Å². The van der Waals surface area contributed by atoms with Crippen LogP contribution in [0, 0.1) is 17.3 Å². The molecule has 0 heterocycles. The summed E-state index contributed by atoms with van der Waals surface area (Å²) in [4.78, 5) is 12.4. The highest BCUT2D eigenvalue weighted by Gasteiger charge is 2.58. The Hall–Kier alpha value is -0.890. The van der Waals surface area contributed by atoms with Gasteiger partial charge in [-0.15, -0.1) is 0 Å². The van der Waals surface area contributed by atoms with Gasteiger partial charge in [0, 0.05) is 12.3 Å². The Kier molecular flexibility index (Phi) is 2.81. The van der Waals surface area contributed by atoms with E-state index in [0.29, 0.717) is 19.3 Å². The first-order chi connectivity index (χ1) is 7.81. The van der Waals surface area contributed by atoms with Crippen molar-refractivity contribution < 1.29 is 9.90 Å². The highest BCUT2D eigenvalue weighted by atomic mass is 16.3. The molecule has 2 aliphatic carbocycles. The number of Topliss-reactive ketones (excluding diaryl/α,β-unsaturated/α-hetero) is 1. The van der Waals surface area contributed by atoms with Crippen LogP contribution in [0.15, 0.2) is 24.3 Å². The molecule has 0 aliphatic heterocycles.